The Kier molecular flexibility index (Phi) is 6.87. The van der Waals surface area contributed by atoms with Crippen molar-refractivity contribution in [1.29, 1.82) is 0 Å². The van der Waals surface area contributed by atoms with Gasteiger partial charge in [-0.3, -0.25) is 0 Å². The molecule has 0 amide bonds. The van der Waals surface area contributed by atoms with Crippen molar-refractivity contribution >= 4 is 0 Å². The SMILES string of the molecule is CCc1[c]c(-c2ccc(OC)c(C)c2)c(CC)c(-c2ccc(OC)c(C)c2)c1CC. The summed E-state index contributed by atoms with van der Waals surface area (Å²) in [4.78, 5) is 0. The first-order valence-electron chi connectivity index (χ1n) is 10.9. The highest BCUT2D eigenvalue weighted by atomic mass is 16.5. The van der Waals surface area contributed by atoms with Gasteiger partial charge in [0.05, 0.1) is 14.2 Å². The molecule has 0 aliphatic heterocycles. The van der Waals surface area contributed by atoms with E-state index in [2.05, 4.69) is 77.1 Å². The number of aryl methyl sites for hydroxylation is 3. The summed E-state index contributed by atoms with van der Waals surface area (Å²) in [6.07, 6.45) is 2.92. The third-order valence-electron chi connectivity index (χ3n) is 5.97. The summed E-state index contributed by atoms with van der Waals surface area (Å²) in [5, 5.41) is 0. The van der Waals surface area contributed by atoms with Crippen LogP contribution in [0.4, 0.5) is 0 Å². The number of hydrogen-bond donors (Lipinski definition) is 0. The van der Waals surface area contributed by atoms with Crippen molar-refractivity contribution in [2.45, 2.75) is 53.9 Å². The summed E-state index contributed by atoms with van der Waals surface area (Å²) >= 11 is 0. The zero-order valence-electron chi connectivity index (χ0n) is 19.4. The van der Waals surface area contributed by atoms with Crippen LogP contribution in [0.2, 0.25) is 0 Å². The van der Waals surface area contributed by atoms with Crippen LogP contribution in [0.25, 0.3) is 22.3 Å². The van der Waals surface area contributed by atoms with E-state index in [1.807, 2.05) is 0 Å². The lowest BCUT2D eigenvalue weighted by molar-refractivity contribution is 0.411. The van der Waals surface area contributed by atoms with E-state index >= 15 is 0 Å². The maximum atomic E-state index is 5.50. The van der Waals surface area contributed by atoms with Crippen molar-refractivity contribution in [1.82, 2.24) is 0 Å². The monoisotopic (exact) mass is 401 g/mol. The third-order valence-corrected chi connectivity index (χ3v) is 5.97. The quantitative estimate of drug-likeness (QED) is 0.419. The normalized spacial score (nSPS) is 10.9. The molecule has 3 aromatic carbocycles. The minimum Gasteiger partial charge on any atom is -0.496 e. The summed E-state index contributed by atoms with van der Waals surface area (Å²) in [6, 6.07) is 16.8. The van der Waals surface area contributed by atoms with Crippen molar-refractivity contribution in [3.63, 3.8) is 0 Å². The van der Waals surface area contributed by atoms with Gasteiger partial charge in [-0.05, 0) is 114 Å². The Morgan fingerprint density at radius 2 is 1.23 bits per heavy atom. The number of hydrogen-bond acceptors (Lipinski definition) is 2. The molecule has 0 aliphatic carbocycles. The largest absolute Gasteiger partial charge is 0.496 e. The molecule has 157 valence electrons. The fraction of sp³-hybridized carbons (Fsp3) is 0.357. The molecule has 0 heterocycles. The minimum absolute atomic E-state index is 0.920. The lowest BCUT2D eigenvalue weighted by Crippen LogP contribution is -2.04. The average molecular weight is 402 g/mol. The van der Waals surface area contributed by atoms with E-state index < -0.39 is 0 Å². The highest BCUT2D eigenvalue weighted by Gasteiger charge is 2.19. The molecule has 0 saturated heterocycles. The summed E-state index contributed by atoms with van der Waals surface area (Å²) in [7, 11) is 3.45. The van der Waals surface area contributed by atoms with E-state index in [9.17, 15) is 0 Å². The predicted molar refractivity (Wildman–Crippen MR) is 127 cm³/mol. The maximum absolute atomic E-state index is 5.50. The van der Waals surface area contributed by atoms with E-state index in [0.29, 0.717) is 0 Å². The maximum Gasteiger partial charge on any atom is 0.121 e. The molecule has 0 saturated carbocycles. The van der Waals surface area contributed by atoms with Gasteiger partial charge in [0.2, 0.25) is 0 Å². The van der Waals surface area contributed by atoms with E-state index in [1.165, 1.54) is 38.9 Å². The molecule has 0 unspecified atom stereocenters. The Morgan fingerprint density at radius 3 is 1.70 bits per heavy atom. The zero-order valence-corrected chi connectivity index (χ0v) is 19.4. The second-order valence-corrected chi connectivity index (χ2v) is 7.74. The molecule has 3 rings (SSSR count). The van der Waals surface area contributed by atoms with Gasteiger partial charge in [0.1, 0.15) is 11.5 Å². The van der Waals surface area contributed by atoms with E-state index in [4.69, 9.17) is 9.47 Å². The molecule has 0 spiro atoms. The first-order valence-corrected chi connectivity index (χ1v) is 10.9. The Morgan fingerprint density at radius 1 is 0.700 bits per heavy atom. The van der Waals surface area contributed by atoms with Crippen LogP contribution in [-0.2, 0) is 19.3 Å². The van der Waals surface area contributed by atoms with Crippen molar-refractivity contribution in [2.24, 2.45) is 0 Å². The minimum atomic E-state index is 0.920. The van der Waals surface area contributed by atoms with E-state index in [-0.39, 0.29) is 0 Å². The Bertz CT molecular complexity index is 1050. The molecule has 1 radical (unpaired) electrons. The van der Waals surface area contributed by atoms with Crippen LogP contribution < -0.4 is 9.47 Å². The van der Waals surface area contributed by atoms with Gasteiger partial charge in [-0.2, -0.15) is 0 Å². The van der Waals surface area contributed by atoms with Crippen LogP contribution in [-0.4, -0.2) is 14.2 Å². The lowest BCUT2D eigenvalue weighted by atomic mass is 9.82. The summed E-state index contributed by atoms with van der Waals surface area (Å²) in [5.74, 6) is 1.85. The lowest BCUT2D eigenvalue weighted by Gasteiger charge is -2.22. The third kappa shape index (κ3) is 3.96. The van der Waals surface area contributed by atoms with Crippen molar-refractivity contribution in [3.05, 3.63) is 70.3 Å². The van der Waals surface area contributed by atoms with Crippen LogP contribution in [0, 0.1) is 19.9 Å². The number of benzene rings is 3. The highest BCUT2D eigenvalue weighted by molar-refractivity contribution is 5.83. The molecule has 0 atom stereocenters. The predicted octanol–water partition coefficient (Wildman–Crippen LogP) is 7.14. The van der Waals surface area contributed by atoms with Crippen LogP contribution in [0.3, 0.4) is 0 Å². The van der Waals surface area contributed by atoms with Crippen LogP contribution >= 0.6 is 0 Å². The fourth-order valence-electron chi connectivity index (χ4n) is 4.47. The first-order chi connectivity index (χ1) is 14.5. The Labute approximate surface area is 181 Å². The second kappa shape index (κ2) is 9.38. The molecular weight excluding hydrogens is 368 g/mol. The molecule has 3 aromatic rings. The summed E-state index contributed by atoms with van der Waals surface area (Å²) < 4.78 is 11.0. The standard InChI is InChI=1S/C28H33O2/c1-8-20-17-25(21-11-13-26(29-6)18(4)15-21)24(10-3)28(23(20)9-2)22-12-14-27(30-7)19(5)16-22/h11-16H,8-10H2,1-7H3. The average Bonchev–Trinajstić information content (AvgIpc) is 2.77. The Balaban J connectivity index is 2.34. The number of rotatable bonds is 7. The number of ether oxygens (including phenoxy) is 2. The van der Waals surface area contributed by atoms with Crippen molar-refractivity contribution in [3.8, 4) is 33.8 Å². The van der Waals surface area contributed by atoms with Gasteiger partial charge in [-0.1, -0.05) is 32.9 Å². The van der Waals surface area contributed by atoms with Gasteiger partial charge in [0, 0.05) is 0 Å². The molecule has 2 nitrogen and oxygen atoms in total. The molecule has 30 heavy (non-hydrogen) atoms. The van der Waals surface area contributed by atoms with Gasteiger partial charge in [-0.25, -0.2) is 0 Å². The molecular formula is C28H33O2. The summed E-state index contributed by atoms with van der Waals surface area (Å²) in [6.45, 7) is 10.9. The van der Waals surface area contributed by atoms with Crippen molar-refractivity contribution < 1.29 is 9.47 Å². The van der Waals surface area contributed by atoms with Gasteiger partial charge < -0.3 is 9.47 Å². The van der Waals surface area contributed by atoms with Crippen LogP contribution in [0.15, 0.2) is 36.4 Å². The molecule has 0 aliphatic rings. The molecule has 0 N–H and O–H groups in total. The smallest absolute Gasteiger partial charge is 0.121 e. The summed E-state index contributed by atoms with van der Waals surface area (Å²) in [5.41, 5.74) is 11.4. The molecule has 0 fully saturated rings. The number of methoxy groups -OCH3 is 2. The van der Waals surface area contributed by atoms with Gasteiger partial charge in [0.25, 0.3) is 0 Å². The van der Waals surface area contributed by atoms with Gasteiger partial charge in [-0.15, -0.1) is 0 Å². The second-order valence-electron chi connectivity index (χ2n) is 7.74. The molecule has 2 heteroatoms. The molecule has 0 bridgehead atoms. The first kappa shape index (κ1) is 22.0. The Hall–Kier alpha value is -2.74. The van der Waals surface area contributed by atoms with Crippen LogP contribution in [0.1, 0.15) is 48.6 Å². The van der Waals surface area contributed by atoms with E-state index in [0.717, 1.165) is 41.9 Å². The van der Waals surface area contributed by atoms with Crippen molar-refractivity contribution in [2.75, 3.05) is 14.2 Å². The topological polar surface area (TPSA) is 18.5 Å². The highest BCUT2D eigenvalue weighted by Crippen LogP contribution is 2.40. The van der Waals surface area contributed by atoms with Crippen LogP contribution in [0.5, 0.6) is 11.5 Å². The zero-order chi connectivity index (χ0) is 21.8. The van der Waals surface area contributed by atoms with Gasteiger partial charge in [0.15, 0.2) is 0 Å². The fourth-order valence-corrected chi connectivity index (χ4v) is 4.47. The van der Waals surface area contributed by atoms with E-state index in [1.54, 1.807) is 14.2 Å². The van der Waals surface area contributed by atoms with Gasteiger partial charge >= 0.3 is 0 Å². The molecule has 0 aromatic heterocycles.